The third kappa shape index (κ3) is 3.85. The Labute approximate surface area is 178 Å². The van der Waals surface area contributed by atoms with E-state index in [1.54, 1.807) is 30.3 Å². The van der Waals surface area contributed by atoms with Gasteiger partial charge in [0.05, 0.1) is 12.1 Å². The predicted molar refractivity (Wildman–Crippen MR) is 110 cm³/mol. The van der Waals surface area contributed by atoms with Crippen LogP contribution in [0.5, 0.6) is 5.75 Å². The molecule has 11 heteroatoms. The first-order valence-corrected chi connectivity index (χ1v) is 11.1. The smallest absolute Gasteiger partial charge is 0.245 e. The van der Waals surface area contributed by atoms with Crippen molar-refractivity contribution in [2.45, 2.75) is 17.7 Å². The van der Waals surface area contributed by atoms with E-state index in [-0.39, 0.29) is 35.3 Å². The molecule has 2 heterocycles. The van der Waals surface area contributed by atoms with Crippen molar-refractivity contribution in [3.63, 3.8) is 0 Å². The molecule has 0 atom stereocenters. The fourth-order valence-electron chi connectivity index (χ4n) is 3.48. The number of sulfonamides is 1. The van der Waals surface area contributed by atoms with Gasteiger partial charge in [0.2, 0.25) is 15.9 Å². The van der Waals surface area contributed by atoms with Gasteiger partial charge in [-0.2, -0.15) is 4.31 Å². The number of ether oxygens (including phenoxy) is 1. The van der Waals surface area contributed by atoms with Gasteiger partial charge in [0, 0.05) is 24.7 Å². The highest BCUT2D eigenvalue weighted by atomic mass is 35.5. The van der Waals surface area contributed by atoms with E-state index in [2.05, 4.69) is 20.3 Å². The number of amides is 1. The van der Waals surface area contributed by atoms with Crippen LogP contribution in [0.25, 0.3) is 11.0 Å². The Balaban J connectivity index is 1.42. The lowest BCUT2D eigenvalue weighted by molar-refractivity contribution is -0.120. The van der Waals surface area contributed by atoms with Crippen molar-refractivity contribution < 1.29 is 22.6 Å². The zero-order valence-corrected chi connectivity index (χ0v) is 17.6. The molecule has 4 rings (SSSR count). The van der Waals surface area contributed by atoms with Crippen molar-refractivity contribution in [1.82, 2.24) is 14.6 Å². The highest BCUT2D eigenvalue weighted by Crippen LogP contribution is 2.30. The van der Waals surface area contributed by atoms with E-state index in [1.807, 2.05) is 0 Å². The summed E-state index contributed by atoms with van der Waals surface area (Å²) in [6.45, 7) is 0.455. The quantitative estimate of drug-likeness (QED) is 0.635. The summed E-state index contributed by atoms with van der Waals surface area (Å²) in [5.74, 6) is 0.0448. The Morgan fingerprint density at radius 2 is 2.00 bits per heavy atom. The first-order valence-electron chi connectivity index (χ1n) is 9.26. The molecule has 30 heavy (non-hydrogen) atoms. The van der Waals surface area contributed by atoms with Crippen LogP contribution in [-0.2, 0) is 14.8 Å². The molecule has 0 unspecified atom stereocenters. The van der Waals surface area contributed by atoms with Gasteiger partial charge in [-0.05, 0) is 53.5 Å². The fourth-order valence-corrected chi connectivity index (χ4v) is 5.34. The van der Waals surface area contributed by atoms with Gasteiger partial charge in [0.15, 0.2) is 5.52 Å². The van der Waals surface area contributed by atoms with E-state index in [0.717, 1.165) is 0 Å². The normalized spacial score (nSPS) is 15.9. The number of carbonyl (C=O) groups excluding carboxylic acids is 1. The summed E-state index contributed by atoms with van der Waals surface area (Å²) in [6, 6.07) is 9.70. The number of aromatic nitrogens is 2. The Bertz CT molecular complexity index is 1190. The molecule has 1 aliphatic rings. The largest absolute Gasteiger partial charge is 0.495 e. The maximum absolute atomic E-state index is 13.1. The van der Waals surface area contributed by atoms with Gasteiger partial charge < -0.3 is 10.1 Å². The van der Waals surface area contributed by atoms with Gasteiger partial charge in [-0.3, -0.25) is 4.79 Å². The molecule has 0 spiro atoms. The minimum absolute atomic E-state index is 0.0528. The standard InChI is InChI=1S/C19H19ClN4O5S/c1-28-16-6-5-13(11-14(16)20)21-19(25)12-7-9-24(10-8-12)30(26,27)17-4-2-3-15-18(17)23-29-22-15/h2-6,11-12H,7-10H2,1H3,(H,21,25). The maximum Gasteiger partial charge on any atom is 0.245 e. The monoisotopic (exact) mass is 450 g/mol. The van der Waals surface area contributed by atoms with Crippen LogP contribution in [0.1, 0.15) is 12.8 Å². The molecule has 1 fully saturated rings. The van der Waals surface area contributed by atoms with Crippen molar-refractivity contribution >= 4 is 44.3 Å². The Kier molecular flexibility index (Phi) is 5.63. The molecule has 0 aliphatic carbocycles. The molecular formula is C19H19ClN4O5S. The second-order valence-corrected chi connectivity index (χ2v) is 9.22. The van der Waals surface area contributed by atoms with Crippen molar-refractivity contribution in [2.75, 3.05) is 25.5 Å². The van der Waals surface area contributed by atoms with Gasteiger partial charge in [-0.25, -0.2) is 13.0 Å². The summed E-state index contributed by atoms with van der Waals surface area (Å²) in [6.07, 6.45) is 0.810. The fraction of sp³-hybridized carbons (Fsp3) is 0.316. The first kappa shape index (κ1) is 20.6. The Morgan fingerprint density at radius 1 is 1.23 bits per heavy atom. The number of rotatable bonds is 5. The summed E-state index contributed by atoms with van der Waals surface area (Å²) >= 11 is 6.09. The van der Waals surface area contributed by atoms with Crippen LogP contribution in [-0.4, -0.2) is 49.1 Å². The molecule has 0 radical (unpaired) electrons. The van der Waals surface area contributed by atoms with Crippen LogP contribution in [0.15, 0.2) is 45.9 Å². The Hall–Kier alpha value is -2.69. The van der Waals surface area contributed by atoms with E-state index >= 15 is 0 Å². The molecule has 3 aromatic rings. The molecule has 9 nitrogen and oxygen atoms in total. The number of nitrogens with zero attached hydrogens (tertiary/aromatic N) is 3. The first-order chi connectivity index (χ1) is 14.4. The number of benzene rings is 2. The van der Waals surface area contributed by atoms with Gasteiger partial charge in [0.1, 0.15) is 16.2 Å². The number of carbonyl (C=O) groups is 1. The molecule has 0 saturated carbocycles. The van der Waals surface area contributed by atoms with Crippen molar-refractivity contribution in [3.8, 4) is 5.75 Å². The van der Waals surface area contributed by atoms with Gasteiger partial charge in [-0.15, -0.1) is 0 Å². The number of methoxy groups -OCH3 is 1. The van der Waals surface area contributed by atoms with Gasteiger partial charge >= 0.3 is 0 Å². The van der Waals surface area contributed by atoms with Crippen LogP contribution >= 0.6 is 11.6 Å². The summed E-state index contributed by atoms with van der Waals surface area (Å²) < 4.78 is 37.2. The third-order valence-corrected chi connectivity index (χ3v) is 7.34. The molecule has 1 N–H and O–H groups in total. The van der Waals surface area contributed by atoms with E-state index < -0.39 is 10.0 Å². The van der Waals surface area contributed by atoms with Crippen LogP contribution in [0, 0.1) is 5.92 Å². The summed E-state index contributed by atoms with van der Waals surface area (Å²) in [4.78, 5) is 12.7. The number of hydrogen-bond donors (Lipinski definition) is 1. The summed E-state index contributed by atoms with van der Waals surface area (Å²) in [5.41, 5.74) is 1.14. The molecule has 0 bridgehead atoms. The number of anilines is 1. The number of hydrogen-bond acceptors (Lipinski definition) is 7. The van der Waals surface area contributed by atoms with E-state index in [1.165, 1.54) is 17.5 Å². The summed E-state index contributed by atoms with van der Waals surface area (Å²) in [5, 5.41) is 10.6. The molecular weight excluding hydrogens is 432 g/mol. The maximum atomic E-state index is 13.1. The van der Waals surface area contributed by atoms with Crippen LogP contribution in [0.4, 0.5) is 5.69 Å². The van der Waals surface area contributed by atoms with Crippen molar-refractivity contribution in [3.05, 3.63) is 41.4 Å². The Morgan fingerprint density at radius 3 is 2.70 bits per heavy atom. The molecule has 1 amide bonds. The lowest BCUT2D eigenvalue weighted by Gasteiger charge is -2.30. The van der Waals surface area contributed by atoms with Crippen LogP contribution in [0.3, 0.4) is 0 Å². The second-order valence-electron chi connectivity index (χ2n) is 6.91. The number of fused-ring (bicyclic) bond motifs is 1. The van der Waals surface area contributed by atoms with Gasteiger partial charge in [0.25, 0.3) is 0 Å². The summed E-state index contributed by atoms with van der Waals surface area (Å²) in [7, 11) is -2.26. The third-order valence-electron chi connectivity index (χ3n) is 5.11. The predicted octanol–water partition coefficient (Wildman–Crippen LogP) is 2.92. The van der Waals surface area contributed by atoms with Gasteiger partial charge in [-0.1, -0.05) is 17.7 Å². The zero-order chi connectivity index (χ0) is 21.3. The minimum atomic E-state index is -3.77. The molecule has 1 aromatic heterocycles. The van der Waals surface area contributed by atoms with E-state index in [9.17, 15) is 13.2 Å². The highest BCUT2D eigenvalue weighted by Gasteiger charge is 2.33. The average Bonchev–Trinajstić information content (AvgIpc) is 3.23. The van der Waals surface area contributed by atoms with Crippen molar-refractivity contribution in [1.29, 1.82) is 0 Å². The van der Waals surface area contributed by atoms with E-state index in [4.69, 9.17) is 16.3 Å². The zero-order valence-electron chi connectivity index (χ0n) is 16.0. The van der Waals surface area contributed by atoms with Crippen molar-refractivity contribution in [2.24, 2.45) is 5.92 Å². The molecule has 2 aromatic carbocycles. The second kappa shape index (κ2) is 8.21. The van der Waals surface area contributed by atoms with E-state index in [0.29, 0.717) is 34.8 Å². The minimum Gasteiger partial charge on any atom is -0.495 e. The highest BCUT2D eigenvalue weighted by molar-refractivity contribution is 7.89. The average molecular weight is 451 g/mol. The molecule has 158 valence electrons. The number of nitrogens with one attached hydrogen (secondary N) is 1. The number of halogens is 1. The number of piperidine rings is 1. The molecule has 1 aliphatic heterocycles. The lowest BCUT2D eigenvalue weighted by Crippen LogP contribution is -2.41. The SMILES string of the molecule is COc1ccc(NC(=O)C2CCN(S(=O)(=O)c3cccc4nonc34)CC2)cc1Cl. The van der Waals surface area contributed by atoms with Crippen LogP contribution < -0.4 is 10.1 Å². The topological polar surface area (TPSA) is 115 Å². The molecule has 1 saturated heterocycles. The lowest BCUT2D eigenvalue weighted by atomic mass is 9.97. The van der Waals surface area contributed by atoms with Crippen LogP contribution in [0.2, 0.25) is 5.02 Å².